The summed E-state index contributed by atoms with van der Waals surface area (Å²) < 4.78 is 24.0. The van der Waals surface area contributed by atoms with Gasteiger partial charge in [-0.3, -0.25) is 9.35 Å². The van der Waals surface area contributed by atoms with E-state index in [9.17, 15) is 13.6 Å². The van der Waals surface area contributed by atoms with Crippen molar-refractivity contribution in [3.05, 3.63) is 77.8 Å². The summed E-state index contributed by atoms with van der Waals surface area (Å²) in [6.45, 7) is 0.198. The molecule has 4 aromatic rings. The van der Waals surface area contributed by atoms with Crippen LogP contribution in [-0.2, 0) is 16.1 Å². The van der Waals surface area contributed by atoms with Crippen LogP contribution in [0.2, 0.25) is 5.02 Å². The number of nitrogens with zero attached hydrogens (tertiary/aromatic N) is 4. The van der Waals surface area contributed by atoms with Crippen molar-refractivity contribution in [1.82, 2.24) is 14.9 Å². The van der Waals surface area contributed by atoms with Gasteiger partial charge in [-0.2, -0.15) is 0 Å². The topological polar surface area (TPSA) is 111 Å². The van der Waals surface area contributed by atoms with E-state index in [-0.39, 0.29) is 24.1 Å². The highest BCUT2D eigenvalue weighted by Gasteiger charge is 2.23. The van der Waals surface area contributed by atoms with E-state index in [1.807, 2.05) is 12.1 Å². The van der Waals surface area contributed by atoms with Crippen molar-refractivity contribution in [2.75, 3.05) is 35.6 Å². The standard InChI is InChI=1S/C24H23ClN6O3S/c1-30(2)15-22(32)26-18-9-6-10-19(14-18)31(35(33)34)24-23(27-17-8-5-7-16(25)13-17)28-20-11-3-4-12-21(20)29-24/h3-14H,15H2,1-2H3,(H,26,32)(H,27,28)(H,33,34). The maximum atomic E-state index is 12.6. The van der Waals surface area contributed by atoms with Crippen LogP contribution in [0.5, 0.6) is 0 Å². The third kappa shape index (κ3) is 6.11. The molecule has 1 unspecified atom stereocenters. The molecule has 0 radical (unpaired) electrons. The van der Waals surface area contributed by atoms with Crippen LogP contribution in [0.15, 0.2) is 72.8 Å². The number of carbonyl (C=O) groups excluding carboxylic acids is 1. The minimum absolute atomic E-state index is 0.126. The number of aromatic nitrogens is 2. The summed E-state index contributed by atoms with van der Waals surface area (Å²) in [4.78, 5) is 23.3. The number of halogens is 1. The lowest BCUT2D eigenvalue weighted by molar-refractivity contribution is -0.116. The Bertz CT molecular complexity index is 1400. The van der Waals surface area contributed by atoms with E-state index >= 15 is 0 Å². The predicted octanol–water partition coefficient (Wildman–Crippen LogP) is 4.80. The van der Waals surface area contributed by atoms with E-state index < -0.39 is 11.3 Å². The monoisotopic (exact) mass is 510 g/mol. The molecule has 0 aliphatic rings. The van der Waals surface area contributed by atoms with Crippen LogP contribution in [0.3, 0.4) is 0 Å². The first-order valence-electron chi connectivity index (χ1n) is 10.6. The summed E-state index contributed by atoms with van der Waals surface area (Å²) in [5, 5.41) is 6.48. The van der Waals surface area contributed by atoms with Gasteiger partial charge in [-0.25, -0.2) is 18.5 Å². The molecule has 0 aliphatic carbocycles. The second kappa shape index (κ2) is 10.8. The molecule has 1 amide bonds. The Hall–Kier alpha value is -3.57. The van der Waals surface area contributed by atoms with Gasteiger partial charge in [0.25, 0.3) is 11.3 Å². The zero-order valence-corrected chi connectivity index (χ0v) is 20.5. The van der Waals surface area contributed by atoms with E-state index in [2.05, 4.69) is 20.6 Å². The molecule has 35 heavy (non-hydrogen) atoms. The Labute approximate surface area is 210 Å². The van der Waals surface area contributed by atoms with Gasteiger partial charge in [-0.1, -0.05) is 35.9 Å². The molecule has 0 saturated carbocycles. The lowest BCUT2D eigenvalue weighted by Gasteiger charge is -2.23. The minimum Gasteiger partial charge on any atom is -0.337 e. The minimum atomic E-state index is -2.51. The first kappa shape index (κ1) is 24.6. The maximum Gasteiger partial charge on any atom is 0.268 e. The van der Waals surface area contributed by atoms with Gasteiger partial charge in [0.1, 0.15) is 0 Å². The quantitative estimate of drug-likeness (QED) is 0.292. The number of likely N-dealkylation sites (N-methyl/N-ethyl adjacent to an activating group) is 1. The number of anilines is 5. The van der Waals surface area contributed by atoms with Gasteiger partial charge >= 0.3 is 0 Å². The number of amides is 1. The van der Waals surface area contributed by atoms with Crippen molar-refractivity contribution in [3.8, 4) is 0 Å². The summed E-state index contributed by atoms with van der Waals surface area (Å²) in [6.07, 6.45) is 0. The normalized spacial score (nSPS) is 11.9. The highest BCUT2D eigenvalue weighted by Crippen LogP contribution is 2.35. The lowest BCUT2D eigenvalue weighted by atomic mass is 10.2. The van der Waals surface area contributed by atoms with E-state index in [4.69, 9.17) is 11.6 Å². The van der Waals surface area contributed by atoms with Gasteiger partial charge in [0, 0.05) is 16.4 Å². The molecule has 3 N–H and O–H groups in total. The first-order chi connectivity index (χ1) is 16.8. The zero-order chi connectivity index (χ0) is 24.9. The molecular formula is C24H23ClN6O3S. The summed E-state index contributed by atoms with van der Waals surface area (Å²) in [5.41, 5.74) is 2.60. The van der Waals surface area contributed by atoms with Crippen molar-refractivity contribution in [3.63, 3.8) is 0 Å². The van der Waals surface area contributed by atoms with Crippen LogP contribution in [-0.4, -0.2) is 50.2 Å². The first-order valence-corrected chi connectivity index (χ1v) is 12.0. The van der Waals surface area contributed by atoms with Crippen LogP contribution >= 0.6 is 11.6 Å². The Morgan fingerprint density at radius 2 is 1.66 bits per heavy atom. The average molecular weight is 511 g/mol. The van der Waals surface area contributed by atoms with Crippen molar-refractivity contribution in [1.29, 1.82) is 0 Å². The third-order valence-electron chi connectivity index (χ3n) is 4.81. The fourth-order valence-corrected chi connectivity index (χ4v) is 4.16. The Balaban J connectivity index is 1.79. The highest BCUT2D eigenvalue weighted by molar-refractivity contribution is 7.81. The molecule has 9 nitrogen and oxygen atoms in total. The fourth-order valence-electron chi connectivity index (χ4n) is 3.40. The molecule has 1 heterocycles. The largest absolute Gasteiger partial charge is 0.337 e. The van der Waals surface area contributed by atoms with E-state index in [1.165, 1.54) is 0 Å². The number of hydrogen-bond donors (Lipinski definition) is 3. The van der Waals surface area contributed by atoms with Gasteiger partial charge in [0.05, 0.1) is 23.3 Å². The van der Waals surface area contributed by atoms with E-state index in [1.54, 1.807) is 79.7 Å². The molecule has 0 fully saturated rings. The Morgan fingerprint density at radius 3 is 2.34 bits per heavy atom. The number of hydrogen-bond acceptors (Lipinski definition) is 6. The van der Waals surface area contributed by atoms with Gasteiger partial charge in [0.15, 0.2) is 11.6 Å². The fraction of sp³-hybridized carbons (Fsp3) is 0.125. The molecule has 11 heteroatoms. The summed E-state index contributed by atoms with van der Waals surface area (Å²) in [6, 6.07) is 20.9. The number of fused-ring (bicyclic) bond motifs is 1. The maximum absolute atomic E-state index is 12.6. The molecular weight excluding hydrogens is 488 g/mol. The van der Waals surface area contributed by atoms with Crippen LogP contribution in [0, 0.1) is 0 Å². The number of benzene rings is 3. The van der Waals surface area contributed by atoms with Crippen molar-refractivity contribution in [2.45, 2.75) is 0 Å². The number of rotatable bonds is 8. The average Bonchev–Trinajstić information content (AvgIpc) is 2.79. The molecule has 180 valence electrons. The molecule has 0 saturated heterocycles. The second-order valence-corrected chi connectivity index (χ2v) is 9.14. The zero-order valence-electron chi connectivity index (χ0n) is 19.0. The van der Waals surface area contributed by atoms with Crippen molar-refractivity contribution < 1.29 is 13.6 Å². The highest BCUT2D eigenvalue weighted by atomic mass is 35.5. The Morgan fingerprint density at radius 1 is 0.971 bits per heavy atom. The summed E-state index contributed by atoms with van der Waals surface area (Å²) >= 11 is 3.63. The van der Waals surface area contributed by atoms with Gasteiger partial charge in [0.2, 0.25) is 5.91 Å². The number of carbonyl (C=O) groups is 1. The van der Waals surface area contributed by atoms with E-state index in [0.717, 1.165) is 4.31 Å². The Kier molecular flexibility index (Phi) is 7.57. The van der Waals surface area contributed by atoms with Crippen molar-refractivity contribution >= 4 is 68.5 Å². The van der Waals surface area contributed by atoms with Gasteiger partial charge in [-0.15, -0.1) is 0 Å². The predicted molar refractivity (Wildman–Crippen MR) is 141 cm³/mol. The van der Waals surface area contributed by atoms with Gasteiger partial charge in [-0.05, 0) is 62.6 Å². The smallest absolute Gasteiger partial charge is 0.268 e. The molecule has 0 spiro atoms. The summed E-state index contributed by atoms with van der Waals surface area (Å²) in [5.74, 6) is 0.175. The second-order valence-electron chi connectivity index (χ2n) is 7.88. The van der Waals surface area contributed by atoms with Crippen LogP contribution in [0.1, 0.15) is 0 Å². The SMILES string of the molecule is CN(C)CC(=O)Nc1cccc(N(c2nc3ccccc3nc2Nc2cccc(Cl)c2)S(=O)O)c1. The number of nitrogens with one attached hydrogen (secondary N) is 2. The molecule has 4 rings (SSSR count). The van der Waals surface area contributed by atoms with Crippen LogP contribution in [0.25, 0.3) is 11.0 Å². The number of para-hydroxylation sites is 2. The lowest BCUT2D eigenvalue weighted by Crippen LogP contribution is -2.27. The van der Waals surface area contributed by atoms with Crippen molar-refractivity contribution in [2.24, 2.45) is 0 Å². The summed E-state index contributed by atoms with van der Waals surface area (Å²) in [7, 11) is 3.58. The molecule has 0 aliphatic heterocycles. The van der Waals surface area contributed by atoms with Crippen LogP contribution < -0.4 is 14.9 Å². The molecule has 1 atom stereocenters. The third-order valence-corrected chi connectivity index (χ3v) is 5.74. The van der Waals surface area contributed by atoms with Crippen LogP contribution in [0.4, 0.5) is 28.7 Å². The molecule has 0 bridgehead atoms. The molecule has 3 aromatic carbocycles. The van der Waals surface area contributed by atoms with E-state index in [0.29, 0.717) is 33.1 Å². The van der Waals surface area contributed by atoms with Gasteiger partial charge < -0.3 is 15.5 Å². The molecule has 1 aromatic heterocycles.